The van der Waals surface area contributed by atoms with Crippen molar-refractivity contribution >= 4 is 11.8 Å². The summed E-state index contributed by atoms with van der Waals surface area (Å²) >= 11 is 0. The van der Waals surface area contributed by atoms with Gasteiger partial charge in [-0.1, -0.05) is 19.4 Å². The van der Waals surface area contributed by atoms with Crippen molar-refractivity contribution in [1.82, 2.24) is 15.0 Å². The minimum Gasteiger partial charge on any atom is -0.393 e. The monoisotopic (exact) mass is 427 g/mol. The molecule has 1 atom stereocenters. The minimum absolute atomic E-state index is 0.190. The van der Waals surface area contributed by atoms with E-state index in [0.717, 1.165) is 61.2 Å². The Labute approximate surface area is 183 Å². The lowest BCUT2D eigenvalue weighted by Crippen LogP contribution is -2.29. The van der Waals surface area contributed by atoms with Crippen LogP contribution in [0.2, 0.25) is 0 Å². The molecular weight excluding hydrogens is 394 g/mol. The molecule has 8 heteroatoms. The van der Waals surface area contributed by atoms with Gasteiger partial charge in [0.15, 0.2) is 6.29 Å². The first kappa shape index (κ1) is 21.9. The van der Waals surface area contributed by atoms with Gasteiger partial charge < -0.3 is 25.2 Å². The number of hydrogen-bond acceptors (Lipinski definition) is 8. The summed E-state index contributed by atoms with van der Waals surface area (Å²) in [7, 11) is 0. The van der Waals surface area contributed by atoms with Crippen molar-refractivity contribution in [2.45, 2.75) is 76.9 Å². The lowest BCUT2D eigenvalue weighted by atomic mass is 9.93. The summed E-state index contributed by atoms with van der Waals surface area (Å²) in [6.45, 7) is 5.53. The first-order chi connectivity index (χ1) is 15.1. The van der Waals surface area contributed by atoms with Gasteiger partial charge in [-0.3, -0.25) is 4.98 Å². The molecule has 168 valence electrons. The average Bonchev–Trinajstić information content (AvgIpc) is 3.31. The van der Waals surface area contributed by atoms with Gasteiger partial charge in [-0.2, -0.15) is 4.98 Å². The van der Waals surface area contributed by atoms with E-state index in [1.807, 2.05) is 18.3 Å². The number of pyridine rings is 1. The van der Waals surface area contributed by atoms with Crippen molar-refractivity contribution in [3.05, 3.63) is 30.1 Å². The van der Waals surface area contributed by atoms with E-state index in [2.05, 4.69) is 34.4 Å². The van der Waals surface area contributed by atoms with Crippen molar-refractivity contribution in [3.8, 4) is 11.3 Å². The number of rotatable bonds is 8. The zero-order valence-corrected chi connectivity index (χ0v) is 18.4. The Morgan fingerprint density at radius 1 is 1.10 bits per heavy atom. The van der Waals surface area contributed by atoms with Crippen LogP contribution in [0.15, 0.2) is 24.5 Å². The van der Waals surface area contributed by atoms with Crippen LogP contribution in [-0.2, 0) is 9.47 Å². The van der Waals surface area contributed by atoms with Crippen LogP contribution in [0.1, 0.15) is 64.2 Å². The molecule has 2 aromatic heterocycles. The molecule has 1 saturated heterocycles. The molecule has 31 heavy (non-hydrogen) atoms. The topological polar surface area (TPSA) is 101 Å². The van der Waals surface area contributed by atoms with Crippen molar-refractivity contribution in [2.75, 3.05) is 23.8 Å². The predicted molar refractivity (Wildman–Crippen MR) is 120 cm³/mol. The second-order valence-corrected chi connectivity index (χ2v) is 8.49. The van der Waals surface area contributed by atoms with Crippen LogP contribution in [-0.4, -0.2) is 51.5 Å². The highest BCUT2D eigenvalue weighted by atomic mass is 16.7. The standard InChI is InChI=1S/C23H33N5O3/c1-3-4-15(2)26-23-25-14-19(21(28-23)27-17-6-8-18(29)9-7-17)20-10-5-16(13-24-20)22-30-11-12-31-22/h5,10,13-15,17-18,22,29H,3-4,6-9,11-12H2,1-2H3,(H2,25,26,27,28)/t15?,17-,18-. The number of nitrogens with zero attached hydrogens (tertiary/aromatic N) is 3. The summed E-state index contributed by atoms with van der Waals surface area (Å²) in [5.74, 6) is 1.39. The smallest absolute Gasteiger partial charge is 0.224 e. The third kappa shape index (κ3) is 5.70. The Balaban J connectivity index is 1.57. The van der Waals surface area contributed by atoms with Crippen molar-refractivity contribution < 1.29 is 14.6 Å². The molecule has 1 saturated carbocycles. The number of aliphatic hydroxyl groups is 1. The van der Waals surface area contributed by atoms with Crippen molar-refractivity contribution in [2.24, 2.45) is 0 Å². The van der Waals surface area contributed by atoms with Crippen molar-refractivity contribution in [1.29, 1.82) is 0 Å². The quantitative estimate of drug-likeness (QED) is 0.583. The van der Waals surface area contributed by atoms with Crippen LogP contribution in [0.5, 0.6) is 0 Å². The molecule has 3 heterocycles. The maximum Gasteiger partial charge on any atom is 0.224 e. The van der Waals surface area contributed by atoms with Gasteiger partial charge in [0.05, 0.1) is 30.6 Å². The lowest BCUT2D eigenvalue weighted by molar-refractivity contribution is -0.0443. The molecular formula is C23H33N5O3. The highest BCUT2D eigenvalue weighted by Crippen LogP contribution is 2.30. The fourth-order valence-electron chi connectivity index (χ4n) is 4.14. The Morgan fingerprint density at radius 2 is 1.87 bits per heavy atom. The number of ether oxygens (including phenoxy) is 2. The zero-order chi connectivity index (χ0) is 21.6. The number of anilines is 2. The third-order valence-electron chi connectivity index (χ3n) is 5.88. The molecule has 0 radical (unpaired) electrons. The number of aliphatic hydroxyl groups excluding tert-OH is 1. The zero-order valence-electron chi connectivity index (χ0n) is 18.4. The Bertz CT molecular complexity index is 834. The van der Waals surface area contributed by atoms with Gasteiger partial charge in [-0.25, -0.2) is 4.98 Å². The summed E-state index contributed by atoms with van der Waals surface area (Å²) < 4.78 is 11.1. The van der Waals surface area contributed by atoms with E-state index in [1.54, 1.807) is 6.20 Å². The average molecular weight is 428 g/mol. The van der Waals surface area contributed by atoms with E-state index in [-0.39, 0.29) is 18.4 Å². The van der Waals surface area contributed by atoms with Crippen molar-refractivity contribution in [3.63, 3.8) is 0 Å². The van der Waals surface area contributed by atoms with E-state index >= 15 is 0 Å². The molecule has 0 bridgehead atoms. The Morgan fingerprint density at radius 3 is 2.55 bits per heavy atom. The van der Waals surface area contributed by atoms with Crippen LogP contribution >= 0.6 is 0 Å². The van der Waals surface area contributed by atoms with E-state index in [0.29, 0.717) is 25.2 Å². The van der Waals surface area contributed by atoms with E-state index < -0.39 is 0 Å². The highest BCUT2D eigenvalue weighted by molar-refractivity contribution is 5.73. The van der Waals surface area contributed by atoms with Gasteiger partial charge in [-0.15, -0.1) is 0 Å². The van der Waals surface area contributed by atoms with E-state index in [4.69, 9.17) is 14.5 Å². The molecule has 1 unspecified atom stereocenters. The Hall–Kier alpha value is -2.29. The molecule has 3 N–H and O–H groups in total. The normalized spacial score (nSPS) is 22.9. The van der Waals surface area contributed by atoms with Crippen LogP contribution in [0.25, 0.3) is 11.3 Å². The first-order valence-electron chi connectivity index (χ1n) is 11.4. The van der Waals surface area contributed by atoms with Gasteiger partial charge in [-0.05, 0) is 45.1 Å². The largest absolute Gasteiger partial charge is 0.393 e. The van der Waals surface area contributed by atoms with Crippen LogP contribution in [0, 0.1) is 0 Å². The van der Waals surface area contributed by atoms with E-state index in [1.165, 1.54) is 0 Å². The predicted octanol–water partition coefficient (Wildman–Crippen LogP) is 3.90. The number of nitrogens with one attached hydrogen (secondary N) is 2. The first-order valence-corrected chi connectivity index (χ1v) is 11.4. The second kappa shape index (κ2) is 10.3. The third-order valence-corrected chi connectivity index (χ3v) is 5.88. The second-order valence-electron chi connectivity index (χ2n) is 8.49. The molecule has 2 aromatic rings. The summed E-state index contributed by atoms with van der Waals surface area (Å²) in [5.41, 5.74) is 2.57. The summed E-state index contributed by atoms with van der Waals surface area (Å²) in [5, 5.41) is 16.8. The molecule has 8 nitrogen and oxygen atoms in total. The maximum absolute atomic E-state index is 9.84. The van der Waals surface area contributed by atoms with E-state index in [9.17, 15) is 5.11 Å². The molecule has 1 aliphatic heterocycles. The highest BCUT2D eigenvalue weighted by Gasteiger charge is 2.23. The van der Waals surface area contributed by atoms with Crippen LogP contribution in [0.3, 0.4) is 0 Å². The molecule has 2 aliphatic rings. The summed E-state index contributed by atoms with van der Waals surface area (Å²) in [6.07, 6.45) is 8.72. The van der Waals surface area contributed by atoms with Gasteiger partial charge in [0, 0.05) is 30.0 Å². The van der Waals surface area contributed by atoms with Gasteiger partial charge in [0.2, 0.25) is 5.95 Å². The summed E-state index contributed by atoms with van der Waals surface area (Å²) in [4.78, 5) is 14.0. The molecule has 4 rings (SSSR count). The molecule has 0 amide bonds. The molecule has 1 aliphatic carbocycles. The van der Waals surface area contributed by atoms with Gasteiger partial charge in [0.1, 0.15) is 5.82 Å². The Kier molecular flexibility index (Phi) is 7.32. The maximum atomic E-state index is 9.84. The number of hydrogen-bond donors (Lipinski definition) is 3. The molecule has 2 fully saturated rings. The fraction of sp³-hybridized carbons (Fsp3) is 0.609. The number of aromatic nitrogens is 3. The molecule has 0 aromatic carbocycles. The SMILES string of the molecule is CCCC(C)Nc1ncc(-c2ccc(C3OCCO3)cn2)c(N[C@H]2CC[C@H](O)CC2)n1. The molecule has 0 spiro atoms. The van der Waals surface area contributed by atoms with Gasteiger partial charge in [0.25, 0.3) is 0 Å². The van der Waals surface area contributed by atoms with Crippen LogP contribution < -0.4 is 10.6 Å². The van der Waals surface area contributed by atoms with Crippen LogP contribution in [0.4, 0.5) is 11.8 Å². The lowest BCUT2D eigenvalue weighted by Gasteiger charge is -2.27. The summed E-state index contributed by atoms with van der Waals surface area (Å²) in [6, 6.07) is 4.52. The fourth-order valence-corrected chi connectivity index (χ4v) is 4.14. The minimum atomic E-state index is -0.337. The van der Waals surface area contributed by atoms with Gasteiger partial charge >= 0.3 is 0 Å².